The van der Waals surface area contributed by atoms with Gasteiger partial charge >= 0.3 is 12.0 Å². The highest BCUT2D eigenvalue weighted by molar-refractivity contribution is 5.86. The Balaban J connectivity index is 1.61. The molecule has 124 valence electrons. The van der Waals surface area contributed by atoms with E-state index >= 15 is 0 Å². The molecule has 1 aliphatic rings. The molecule has 1 saturated heterocycles. The molecule has 1 aliphatic heterocycles. The zero-order valence-electron chi connectivity index (χ0n) is 12.6. The van der Waals surface area contributed by atoms with Gasteiger partial charge in [-0.15, -0.1) is 0 Å². The van der Waals surface area contributed by atoms with Gasteiger partial charge in [0.05, 0.1) is 6.54 Å². The van der Waals surface area contributed by atoms with Crippen LogP contribution in [-0.2, 0) is 11.3 Å². The molecule has 0 aliphatic carbocycles. The first-order valence-electron chi connectivity index (χ1n) is 7.32. The van der Waals surface area contributed by atoms with E-state index in [1.165, 1.54) is 29.2 Å². The van der Waals surface area contributed by atoms with Crippen LogP contribution in [0.15, 0.2) is 48.5 Å². The SMILES string of the molecule is O=C(O)[C@H]1CN(Cc2ccc(Oc3ccc(F)cc3)cc2)C(=O)N1. The second-order valence-corrected chi connectivity index (χ2v) is 5.42. The van der Waals surface area contributed by atoms with Crippen LogP contribution in [0.3, 0.4) is 0 Å². The molecule has 7 heteroatoms. The molecule has 0 aromatic heterocycles. The molecule has 2 aromatic rings. The number of halogens is 1. The Hall–Kier alpha value is -3.09. The van der Waals surface area contributed by atoms with Gasteiger partial charge in [-0.05, 0) is 42.0 Å². The molecule has 0 unspecified atom stereocenters. The lowest BCUT2D eigenvalue weighted by Crippen LogP contribution is -2.33. The maximum absolute atomic E-state index is 12.9. The highest BCUT2D eigenvalue weighted by Gasteiger charge is 2.33. The number of carbonyl (C=O) groups excluding carboxylic acids is 1. The molecule has 0 radical (unpaired) electrons. The van der Waals surface area contributed by atoms with Crippen molar-refractivity contribution in [1.82, 2.24) is 10.2 Å². The lowest BCUT2D eigenvalue weighted by atomic mass is 10.2. The van der Waals surface area contributed by atoms with Crippen LogP contribution < -0.4 is 10.1 Å². The van der Waals surface area contributed by atoms with Gasteiger partial charge in [0.2, 0.25) is 0 Å². The number of nitrogens with zero attached hydrogens (tertiary/aromatic N) is 1. The lowest BCUT2D eigenvalue weighted by molar-refractivity contribution is -0.138. The number of carboxylic acid groups (broad SMARTS) is 1. The second-order valence-electron chi connectivity index (χ2n) is 5.42. The third-order valence-corrected chi connectivity index (χ3v) is 3.63. The predicted molar refractivity (Wildman–Crippen MR) is 83.3 cm³/mol. The summed E-state index contributed by atoms with van der Waals surface area (Å²) in [6.07, 6.45) is 0. The minimum atomic E-state index is -1.05. The van der Waals surface area contributed by atoms with E-state index < -0.39 is 18.0 Å². The van der Waals surface area contributed by atoms with Crippen LogP contribution in [0.25, 0.3) is 0 Å². The van der Waals surface area contributed by atoms with Crippen LogP contribution in [0.2, 0.25) is 0 Å². The molecule has 2 N–H and O–H groups in total. The molecular formula is C17H15FN2O4. The van der Waals surface area contributed by atoms with Gasteiger partial charge in [-0.1, -0.05) is 12.1 Å². The number of benzene rings is 2. The first kappa shape index (κ1) is 15.8. The van der Waals surface area contributed by atoms with E-state index in [0.29, 0.717) is 18.0 Å². The summed E-state index contributed by atoms with van der Waals surface area (Å²) in [5, 5.41) is 11.3. The lowest BCUT2D eigenvalue weighted by Gasteiger charge is -2.14. The van der Waals surface area contributed by atoms with Gasteiger partial charge < -0.3 is 20.1 Å². The van der Waals surface area contributed by atoms with Crippen LogP contribution in [-0.4, -0.2) is 34.6 Å². The smallest absolute Gasteiger partial charge is 0.328 e. The van der Waals surface area contributed by atoms with Crippen LogP contribution >= 0.6 is 0 Å². The number of hydrogen-bond donors (Lipinski definition) is 2. The van der Waals surface area contributed by atoms with Gasteiger partial charge in [-0.2, -0.15) is 0 Å². The van der Waals surface area contributed by atoms with Gasteiger partial charge in [0.15, 0.2) is 0 Å². The van der Waals surface area contributed by atoms with Crippen LogP contribution in [0, 0.1) is 5.82 Å². The molecule has 0 spiro atoms. The topological polar surface area (TPSA) is 78.9 Å². The summed E-state index contributed by atoms with van der Waals surface area (Å²) in [6, 6.07) is 11.5. The van der Waals surface area contributed by atoms with Crippen molar-refractivity contribution in [3.8, 4) is 11.5 Å². The Bertz CT molecular complexity index is 746. The Morgan fingerprint density at radius 3 is 2.29 bits per heavy atom. The number of aliphatic carboxylic acids is 1. The van der Waals surface area contributed by atoms with E-state index in [1.54, 1.807) is 24.3 Å². The predicted octanol–water partition coefficient (Wildman–Crippen LogP) is 2.60. The average molecular weight is 330 g/mol. The largest absolute Gasteiger partial charge is 0.480 e. The highest BCUT2D eigenvalue weighted by Crippen LogP contribution is 2.22. The summed E-state index contributed by atoms with van der Waals surface area (Å²) in [4.78, 5) is 24.1. The Morgan fingerprint density at radius 1 is 1.17 bits per heavy atom. The maximum Gasteiger partial charge on any atom is 0.328 e. The second kappa shape index (κ2) is 6.57. The molecule has 3 rings (SSSR count). The maximum atomic E-state index is 12.9. The fourth-order valence-corrected chi connectivity index (χ4v) is 2.39. The fourth-order valence-electron chi connectivity index (χ4n) is 2.39. The number of carbonyl (C=O) groups is 2. The first-order chi connectivity index (χ1) is 11.5. The van der Waals surface area contributed by atoms with Crippen molar-refractivity contribution in [2.24, 2.45) is 0 Å². The number of amides is 2. The zero-order chi connectivity index (χ0) is 17.1. The van der Waals surface area contributed by atoms with E-state index in [9.17, 15) is 14.0 Å². The number of ether oxygens (including phenoxy) is 1. The molecular weight excluding hydrogens is 315 g/mol. The molecule has 2 amide bonds. The highest BCUT2D eigenvalue weighted by atomic mass is 19.1. The van der Waals surface area contributed by atoms with Crippen LogP contribution in [0.5, 0.6) is 11.5 Å². The van der Waals surface area contributed by atoms with E-state index in [-0.39, 0.29) is 12.4 Å². The average Bonchev–Trinajstić information content (AvgIpc) is 2.93. The minimum absolute atomic E-state index is 0.127. The normalized spacial score (nSPS) is 16.8. The van der Waals surface area contributed by atoms with Crippen molar-refractivity contribution in [1.29, 1.82) is 0 Å². The molecule has 24 heavy (non-hydrogen) atoms. The van der Waals surface area contributed by atoms with E-state index in [4.69, 9.17) is 9.84 Å². The van der Waals surface area contributed by atoms with Gasteiger partial charge in [0.25, 0.3) is 0 Å². The monoisotopic (exact) mass is 330 g/mol. The fraction of sp³-hybridized carbons (Fsp3) is 0.176. The van der Waals surface area contributed by atoms with Crippen LogP contribution in [0.4, 0.5) is 9.18 Å². The minimum Gasteiger partial charge on any atom is -0.480 e. The molecule has 6 nitrogen and oxygen atoms in total. The molecule has 2 aromatic carbocycles. The van der Waals surface area contributed by atoms with Crippen LogP contribution in [0.1, 0.15) is 5.56 Å². The standard InChI is InChI=1S/C17H15FN2O4/c18-12-3-7-14(8-4-12)24-13-5-1-11(2-6-13)9-20-10-15(16(21)22)19-17(20)23/h1-8,15H,9-10H2,(H,19,23)(H,21,22)/t15-/m1/s1. The number of hydrogen-bond acceptors (Lipinski definition) is 3. The van der Waals surface area contributed by atoms with Crippen molar-refractivity contribution in [2.75, 3.05) is 6.54 Å². The summed E-state index contributed by atoms with van der Waals surface area (Å²) in [5.41, 5.74) is 0.850. The third-order valence-electron chi connectivity index (χ3n) is 3.63. The Kier molecular flexibility index (Phi) is 4.33. The Labute approximate surface area is 137 Å². The number of carboxylic acids is 1. The molecule has 0 saturated carbocycles. The summed E-state index contributed by atoms with van der Waals surface area (Å²) in [7, 11) is 0. The third kappa shape index (κ3) is 3.62. The van der Waals surface area contributed by atoms with Crippen molar-refractivity contribution in [2.45, 2.75) is 12.6 Å². The summed E-state index contributed by atoms with van der Waals surface area (Å²) < 4.78 is 18.4. The van der Waals surface area contributed by atoms with Crippen molar-refractivity contribution >= 4 is 12.0 Å². The van der Waals surface area contributed by atoms with Gasteiger partial charge in [-0.25, -0.2) is 14.0 Å². The molecule has 1 atom stereocenters. The molecule has 1 heterocycles. The number of rotatable bonds is 5. The quantitative estimate of drug-likeness (QED) is 0.883. The first-order valence-corrected chi connectivity index (χ1v) is 7.32. The summed E-state index contributed by atoms with van der Waals surface area (Å²) >= 11 is 0. The number of urea groups is 1. The summed E-state index contributed by atoms with van der Waals surface area (Å²) in [5.74, 6) is -0.276. The van der Waals surface area contributed by atoms with Crippen molar-refractivity contribution in [3.05, 3.63) is 59.9 Å². The van der Waals surface area contributed by atoms with Crippen molar-refractivity contribution in [3.63, 3.8) is 0 Å². The van der Waals surface area contributed by atoms with E-state index in [1.807, 2.05) is 0 Å². The van der Waals surface area contributed by atoms with Crippen molar-refractivity contribution < 1.29 is 23.8 Å². The van der Waals surface area contributed by atoms with Gasteiger partial charge in [-0.3, -0.25) is 0 Å². The van der Waals surface area contributed by atoms with E-state index in [0.717, 1.165) is 5.56 Å². The Morgan fingerprint density at radius 2 is 1.75 bits per heavy atom. The molecule has 0 bridgehead atoms. The molecule has 1 fully saturated rings. The zero-order valence-corrected chi connectivity index (χ0v) is 12.6. The van der Waals surface area contributed by atoms with E-state index in [2.05, 4.69) is 5.32 Å². The van der Waals surface area contributed by atoms with Gasteiger partial charge in [0, 0.05) is 6.54 Å². The summed E-state index contributed by atoms with van der Waals surface area (Å²) in [6.45, 7) is 0.439. The van der Waals surface area contributed by atoms with Gasteiger partial charge in [0.1, 0.15) is 23.4 Å². The number of nitrogens with one attached hydrogen (secondary N) is 1.